The summed E-state index contributed by atoms with van der Waals surface area (Å²) in [5.74, 6) is 0.525. The molecule has 0 saturated carbocycles. The van der Waals surface area contributed by atoms with E-state index in [-0.39, 0.29) is 9.79 Å². The van der Waals surface area contributed by atoms with Gasteiger partial charge in [0.2, 0.25) is 20.0 Å². The summed E-state index contributed by atoms with van der Waals surface area (Å²) in [6.45, 7) is 4.11. The third-order valence-electron chi connectivity index (χ3n) is 5.14. The van der Waals surface area contributed by atoms with Gasteiger partial charge in [-0.25, -0.2) is 16.8 Å². The van der Waals surface area contributed by atoms with Gasteiger partial charge in [0, 0.05) is 26.2 Å². The molecule has 0 aromatic heterocycles. The molecule has 1 aromatic rings. The summed E-state index contributed by atoms with van der Waals surface area (Å²) < 4.78 is 54.3. The molecule has 3 rings (SSSR count). The van der Waals surface area contributed by atoms with Crippen LogP contribution in [0.15, 0.2) is 34.1 Å². The van der Waals surface area contributed by atoms with Crippen LogP contribution in [0.2, 0.25) is 0 Å². The van der Waals surface area contributed by atoms with Gasteiger partial charge in [-0.2, -0.15) is 8.61 Å². The average molecular weight is 387 g/mol. The molecule has 0 aliphatic carbocycles. The minimum atomic E-state index is -3.65. The first-order valence-electron chi connectivity index (χ1n) is 8.92. The Morgan fingerprint density at radius 1 is 0.800 bits per heavy atom. The monoisotopic (exact) mass is 386 g/mol. The van der Waals surface area contributed by atoms with Crippen LogP contribution < -0.4 is 0 Å². The highest BCUT2D eigenvalue weighted by molar-refractivity contribution is 7.90. The van der Waals surface area contributed by atoms with Crippen LogP contribution in [0.4, 0.5) is 0 Å². The largest absolute Gasteiger partial charge is 0.243 e. The van der Waals surface area contributed by atoms with Crippen molar-refractivity contribution in [2.45, 2.75) is 48.8 Å². The van der Waals surface area contributed by atoms with Gasteiger partial charge in [-0.3, -0.25) is 0 Å². The molecule has 2 fully saturated rings. The maximum Gasteiger partial charge on any atom is 0.243 e. The van der Waals surface area contributed by atoms with Gasteiger partial charge in [-0.15, -0.1) is 0 Å². The number of nitrogens with zero attached hydrogens (tertiary/aromatic N) is 2. The smallest absolute Gasteiger partial charge is 0.207 e. The van der Waals surface area contributed by atoms with Crippen molar-refractivity contribution in [3.8, 4) is 0 Å². The van der Waals surface area contributed by atoms with Crippen molar-refractivity contribution >= 4 is 20.0 Å². The molecule has 2 aliphatic rings. The third kappa shape index (κ3) is 3.92. The maximum absolute atomic E-state index is 12.9. The highest BCUT2D eigenvalue weighted by Gasteiger charge is 2.31. The first-order chi connectivity index (χ1) is 11.8. The van der Waals surface area contributed by atoms with Crippen LogP contribution in [-0.2, 0) is 20.0 Å². The Balaban J connectivity index is 1.88. The zero-order valence-corrected chi connectivity index (χ0v) is 16.2. The summed E-state index contributed by atoms with van der Waals surface area (Å²) in [5, 5.41) is 0. The fraction of sp³-hybridized carbons (Fsp3) is 0.647. The van der Waals surface area contributed by atoms with E-state index in [0.717, 1.165) is 32.1 Å². The van der Waals surface area contributed by atoms with Gasteiger partial charge in [0.05, 0.1) is 9.79 Å². The molecule has 0 unspecified atom stereocenters. The fourth-order valence-corrected chi connectivity index (χ4v) is 6.58. The molecule has 6 nitrogen and oxygen atoms in total. The van der Waals surface area contributed by atoms with Gasteiger partial charge in [-0.05, 0) is 49.8 Å². The van der Waals surface area contributed by atoms with Crippen LogP contribution >= 0.6 is 0 Å². The van der Waals surface area contributed by atoms with Crippen molar-refractivity contribution in [1.82, 2.24) is 8.61 Å². The lowest BCUT2D eigenvalue weighted by atomic mass is 10.0. The van der Waals surface area contributed by atoms with Gasteiger partial charge < -0.3 is 0 Å². The van der Waals surface area contributed by atoms with E-state index in [1.54, 1.807) is 0 Å². The van der Waals surface area contributed by atoms with Crippen molar-refractivity contribution in [3.63, 3.8) is 0 Å². The summed E-state index contributed by atoms with van der Waals surface area (Å²) >= 11 is 0. The van der Waals surface area contributed by atoms with E-state index in [2.05, 4.69) is 6.92 Å². The quantitative estimate of drug-likeness (QED) is 0.796. The van der Waals surface area contributed by atoms with Gasteiger partial charge in [0.25, 0.3) is 0 Å². The Labute approximate surface area is 150 Å². The zero-order chi connectivity index (χ0) is 18.1. The number of piperidine rings is 2. The first-order valence-corrected chi connectivity index (χ1v) is 11.8. The van der Waals surface area contributed by atoms with Crippen molar-refractivity contribution in [1.29, 1.82) is 0 Å². The lowest BCUT2D eigenvalue weighted by Gasteiger charge is -2.29. The zero-order valence-electron chi connectivity index (χ0n) is 14.6. The second kappa shape index (κ2) is 7.34. The normalized spacial score (nSPS) is 22.1. The molecule has 140 valence electrons. The van der Waals surface area contributed by atoms with E-state index in [9.17, 15) is 16.8 Å². The number of benzene rings is 1. The molecule has 8 heteroatoms. The Morgan fingerprint density at radius 2 is 1.28 bits per heavy atom. The number of hydrogen-bond acceptors (Lipinski definition) is 4. The minimum absolute atomic E-state index is 0.0696. The van der Waals surface area contributed by atoms with Gasteiger partial charge in [0.1, 0.15) is 0 Å². The molecule has 0 spiro atoms. The first kappa shape index (κ1) is 18.8. The SMILES string of the molecule is CC1CCN(S(=O)(=O)c2cccc(S(=O)(=O)N3CCCCC3)c2)CC1. The van der Waals surface area contributed by atoms with E-state index in [1.165, 1.54) is 32.9 Å². The Hall–Kier alpha value is -0.960. The summed E-state index contributed by atoms with van der Waals surface area (Å²) in [4.78, 5) is 0.140. The number of hydrogen-bond donors (Lipinski definition) is 0. The molecular weight excluding hydrogens is 360 g/mol. The molecule has 2 aliphatic heterocycles. The molecule has 2 saturated heterocycles. The lowest BCUT2D eigenvalue weighted by molar-refractivity contribution is 0.288. The highest BCUT2D eigenvalue weighted by Crippen LogP contribution is 2.26. The molecule has 0 bridgehead atoms. The van der Waals surface area contributed by atoms with E-state index in [1.807, 2.05) is 0 Å². The van der Waals surface area contributed by atoms with E-state index < -0.39 is 20.0 Å². The van der Waals surface area contributed by atoms with E-state index in [4.69, 9.17) is 0 Å². The second-order valence-corrected chi connectivity index (χ2v) is 10.9. The lowest BCUT2D eigenvalue weighted by Crippen LogP contribution is -2.38. The molecule has 0 radical (unpaired) electrons. The molecule has 0 N–H and O–H groups in total. The van der Waals surface area contributed by atoms with Crippen LogP contribution in [-0.4, -0.2) is 51.6 Å². The van der Waals surface area contributed by atoms with Crippen LogP contribution in [0.3, 0.4) is 0 Å². The molecule has 0 atom stereocenters. The predicted molar refractivity (Wildman–Crippen MR) is 96.2 cm³/mol. The summed E-state index contributed by atoms with van der Waals surface area (Å²) in [5.41, 5.74) is 0. The number of rotatable bonds is 4. The van der Waals surface area contributed by atoms with Crippen molar-refractivity contribution in [3.05, 3.63) is 24.3 Å². The number of sulfonamides is 2. The van der Waals surface area contributed by atoms with Gasteiger partial charge in [0.15, 0.2) is 0 Å². The van der Waals surface area contributed by atoms with E-state index >= 15 is 0 Å². The summed E-state index contributed by atoms with van der Waals surface area (Å²) in [6, 6.07) is 5.82. The standard InChI is InChI=1S/C17H26N2O4S2/c1-15-8-12-19(13-9-15)25(22,23)17-7-5-6-16(14-17)24(20,21)18-10-3-2-4-11-18/h5-7,14-15H,2-4,8-13H2,1H3. The average Bonchev–Trinajstić information content (AvgIpc) is 2.63. The summed E-state index contributed by atoms with van der Waals surface area (Å²) in [7, 11) is -7.28. The molecule has 25 heavy (non-hydrogen) atoms. The van der Waals surface area contributed by atoms with Gasteiger partial charge >= 0.3 is 0 Å². The van der Waals surface area contributed by atoms with Crippen molar-refractivity contribution < 1.29 is 16.8 Å². The van der Waals surface area contributed by atoms with Crippen molar-refractivity contribution in [2.75, 3.05) is 26.2 Å². The summed E-state index contributed by atoms with van der Waals surface area (Å²) in [6.07, 6.45) is 4.41. The fourth-order valence-electron chi connectivity index (χ4n) is 3.42. The third-order valence-corrected chi connectivity index (χ3v) is 8.93. The molecule has 0 amide bonds. The van der Waals surface area contributed by atoms with Crippen molar-refractivity contribution in [2.24, 2.45) is 5.92 Å². The van der Waals surface area contributed by atoms with Gasteiger partial charge in [-0.1, -0.05) is 19.4 Å². The van der Waals surface area contributed by atoms with Crippen LogP contribution in [0.25, 0.3) is 0 Å². The topological polar surface area (TPSA) is 74.8 Å². The molecule has 1 aromatic carbocycles. The molecular formula is C17H26N2O4S2. The maximum atomic E-state index is 12.9. The van der Waals surface area contributed by atoms with E-state index in [0.29, 0.717) is 32.1 Å². The van der Waals surface area contributed by atoms with Crippen LogP contribution in [0, 0.1) is 5.92 Å². The minimum Gasteiger partial charge on any atom is -0.207 e. The Morgan fingerprint density at radius 3 is 1.80 bits per heavy atom. The van der Waals surface area contributed by atoms with Crippen LogP contribution in [0.1, 0.15) is 39.0 Å². The second-order valence-electron chi connectivity index (χ2n) is 7.03. The Kier molecular flexibility index (Phi) is 5.53. The highest BCUT2D eigenvalue weighted by atomic mass is 32.2. The molecule has 2 heterocycles. The predicted octanol–water partition coefficient (Wildman–Crippen LogP) is 2.28. The Bertz CT molecular complexity index is 807. The van der Waals surface area contributed by atoms with Crippen LogP contribution in [0.5, 0.6) is 0 Å².